The van der Waals surface area contributed by atoms with Gasteiger partial charge in [0, 0.05) is 6.07 Å². The van der Waals surface area contributed by atoms with E-state index in [-0.39, 0.29) is 10.9 Å². The maximum Gasteiger partial charge on any atom is 0.170 e. The molecule has 9 heavy (non-hydrogen) atoms. The van der Waals surface area contributed by atoms with Crippen molar-refractivity contribution in [3.8, 4) is 5.75 Å². The van der Waals surface area contributed by atoms with E-state index in [2.05, 4.69) is 4.98 Å². The molecule has 1 aromatic rings. The van der Waals surface area contributed by atoms with Crippen molar-refractivity contribution in [2.45, 2.75) is 0 Å². The van der Waals surface area contributed by atoms with Crippen LogP contribution in [0.1, 0.15) is 0 Å². The van der Waals surface area contributed by atoms with E-state index in [0.717, 1.165) is 0 Å². The molecule has 0 aliphatic heterocycles. The second-order valence-corrected chi connectivity index (χ2v) is 1.94. The molecule has 4 heteroatoms. The molecule has 1 aromatic heterocycles. The highest BCUT2D eigenvalue weighted by Gasteiger charge is 1.96. The van der Waals surface area contributed by atoms with Gasteiger partial charge in [-0.1, -0.05) is 11.6 Å². The monoisotopic (exact) mass is 144 g/mol. The third kappa shape index (κ3) is 1.23. The lowest BCUT2D eigenvalue weighted by Crippen LogP contribution is -1.85. The van der Waals surface area contributed by atoms with Crippen molar-refractivity contribution < 1.29 is 5.11 Å². The summed E-state index contributed by atoms with van der Waals surface area (Å²) in [6, 6.07) is 1.34. The Bertz CT molecular complexity index is 226. The number of aromatic nitrogens is 1. The predicted molar refractivity (Wildman–Crippen MR) is 35.3 cm³/mol. The number of nitrogen functional groups attached to an aromatic ring is 1. The van der Waals surface area contributed by atoms with E-state index >= 15 is 0 Å². The van der Waals surface area contributed by atoms with Gasteiger partial charge in [0.2, 0.25) is 0 Å². The molecule has 3 nitrogen and oxygen atoms in total. The molecular formula is C5H5ClN2O. The molecule has 0 radical (unpaired) electrons. The molecule has 0 saturated carbocycles. The van der Waals surface area contributed by atoms with Gasteiger partial charge in [-0.3, -0.25) is 0 Å². The van der Waals surface area contributed by atoms with Gasteiger partial charge in [-0.05, 0) is 0 Å². The first-order valence-corrected chi connectivity index (χ1v) is 2.68. The summed E-state index contributed by atoms with van der Waals surface area (Å²) in [5.41, 5.74) is 5.65. The summed E-state index contributed by atoms with van der Waals surface area (Å²) in [5.74, 6) is -0.0864. The van der Waals surface area contributed by atoms with Crippen molar-refractivity contribution in [1.29, 1.82) is 0 Å². The normalized spacial score (nSPS) is 9.44. The lowest BCUT2D eigenvalue weighted by atomic mass is 10.4. The SMILES string of the molecule is Nc1cnc(Cl)c(O)c1. The third-order valence-electron chi connectivity index (χ3n) is 0.842. The van der Waals surface area contributed by atoms with E-state index in [9.17, 15) is 0 Å². The van der Waals surface area contributed by atoms with Crippen molar-refractivity contribution in [2.24, 2.45) is 0 Å². The molecule has 3 N–H and O–H groups in total. The molecule has 0 atom stereocenters. The van der Waals surface area contributed by atoms with E-state index in [1.807, 2.05) is 0 Å². The Kier molecular flexibility index (Phi) is 1.44. The largest absolute Gasteiger partial charge is 0.505 e. The Morgan fingerprint density at radius 3 is 2.78 bits per heavy atom. The standard InChI is InChI=1S/C5H5ClN2O/c6-5-4(9)1-3(7)2-8-5/h1-2,9H,7H2. The number of nitrogens with zero attached hydrogens (tertiary/aromatic N) is 1. The molecule has 0 amide bonds. The van der Waals surface area contributed by atoms with Crippen LogP contribution in [0, 0.1) is 0 Å². The minimum atomic E-state index is -0.0864. The number of hydrogen-bond acceptors (Lipinski definition) is 3. The summed E-state index contributed by atoms with van der Waals surface area (Å²) in [6.45, 7) is 0. The number of rotatable bonds is 0. The lowest BCUT2D eigenvalue weighted by molar-refractivity contribution is 0.473. The van der Waals surface area contributed by atoms with Crippen LogP contribution in [0.4, 0.5) is 5.69 Å². The summed E-state index contributed by atoms with van der Waals surface area (Å²) in [7, 11) is 0. The molecule has 0 bridgehead atoms. The first-order chi connectivity index (χ1) is 4.20. The smallest absolute Gasteiger partial charge is 0.170 e. The maximum absolute atomic E-state index is 8.83. The molecule has 0 spiro atoms. The van der Waals surface area contributed by atoms with Gasteiger partial charge in [0.15, 0.2) is 10.9 Å². The summed E-state index contributed by atoms with van der Waals surface area (Å²) in [5, 5.41) is 8.90. The van der Waals surface area contributed by atoms with Crippen molar-refractivity contribution in [3.63, 3.8) is 0 Å². The summed E-state index contributed by atoms with van der Waals surface area (Å²) < 4.78 is 0. The number of hydrogen-bond donors (Lipinski definition) is 2. The molecular weight excluding hydrogens is 140 g/mol. The number of aromatic hydroxyl groups is 1. The molecule has 1 heterocycles. The zero-order valence-electron chi connectivity index (χ0n) is 4.50. The average molecular weight is 145 g/mol. The van der Waals surface area contributed by atoms with Crippen LogP contribution in [-0.2, 0) is 0 Å². The van der Waals surface area contributed by atoms with Crippen molar-refractivity contribution in [3.05, 3.63) is 17.4 Å². The molecule has 0 aliphatic carbocycles. The van der Waals surface area contributed by atoms with E-state index in [4.69, 9.17) is 22.4 Å². The Balaban J connectivity index is 3.17. The van der Waals surface area contributed by atoms with E-state index in [0.29, 0.717) is 5.69 Å². The Labute approximate surface area is 57.1 Å². The van der Waals surface area contributed by atoms with E-state index < -0.39 is 0 Å². The summed E-state index contributed by atoms with van der Waals surface area (Å²) in [4.78, 5) is 3.57. The first kappa shape index (κ1) is 6.16. The van der Waals surface area contributed by atoms with E-state index in [1.165, 1.54) is 12.3 Å². The Hall–Kier alpha value is -0.960. The van der Waals surface area contributed by atoms with Crippen molar-refractivity contribution >= 4 is 17.3 Å². The minimum Gasteiger partial charge on any atom is -0.505 e. The van der Waals surface area contributed by atoms with Crippen molar-refractivity contribution in [1.82, 2.24) is 4.98 Å². The van der Waals surface area contributed by atoms with E-state index in [1.54, 1.807) is 0 Å². The van der Waals surface area contributed by atoms with Gasteiger partial charge in [-0.15, -0.1) is 0 Å². The van der Waals surface area contributed by atoms with Crippen LogP contribution in [0.25, 0.3) is 0 Å². The summed E-state index contributed by atoms with van der Waals surface area (Å²) >= 11 is 5.36. The van der Waals surface area contributed by atoms with Crippen LogP contribution >= 0.6 is 11.6 Å². The van der Waals surface area contributed by atoms with Crippen LogP contribution in [0.5, 0.6) is 5.75 Å². The predicted octanol–water partition coefficient (Wildman–Crippen LogP) is 1.02. The van der Waals surface area contributed by atoms with Gasteiger partial charge in [0.05, 0.1) is 11.9 Å². The van der Waals surface area contributed by atoms with Gasteiger partial charge < -0.3 is 10.8 Å². The van der Waals surface area contributed by atoms with Crippen molar-refractivity contribution in [2.75, 3.05) is 5.73 Å². The third-order valence-corrected chi connectivity index (χ3v) is 1.13. The highest BCUT2D eigenvalue weighted by molar-refractivity contribution is 6.30. The van der Waals surface area contributed by atoms with Gasteiger partial charge >= 0.3 is 0 Å². The van der Waals surface area contributed by atoms with Gasteiger partial charge in [0.25, 0.3) is 0 Å². The van der Waals surface area contributed by atoms with Crippen LogP contribution in [0.2, 0.25) is 5.15 Å². The molecule has 0 saturated heterocycles. The Morgan fingerprint density at radius 1 is 1.67 bits per heavy atom. The second kappa shape index (κ2) is 2.11. The second-order valence-electron chi connectivity index (χ2n) is 1.58. The van der Waals surface area contributed by atoms with Gasteiger partial charge in [-0.2, -0.15) is 0 Å². The number of anilines is 1. The average Bonchev–Trinajstić information content (AvgIpc) is 1.80. The number of halogens is 1. The molecule has 0 unspecified atom stereocenters. The Morgan fingerprint density at radius 2 is 2.33 bits per heavy atom. The zero-order chi connectivity index (χ0) is 6.85. The fraction of sp³-hybridized carbons (Fsp3) is 0. The maximum atomic E-state index is 8.83. The van der Waals surface area contributed by atoms with Crippen LogP contribution < -0.4 is 5.73 Å². The number of nitrogens with two attached hydrogens (primary N) is 1. The summed E-state index contributed by atoms with van der Waals surface area (Å²) in [6.07, 6.45) is 1.38. The first-order valence-electron chi connectivity index (χ1n) is 2.30. The van der Waals surface area contributed by atoms with Crippen LogP contribution in [0.15, 0.2) is 12.3 Å². The van der Waals surface area contributed by atoms with Gasteiger partial charge in [-0.25, -0.2) is 4.98 Å². The van der Waals surface area contributed by atoms with Gasteiger partial charge in [0.1, 0.15) is 0 Å². The molecule has 0 fully saturated rings. The highest BCUT2D eigenvalue weighted by Crippen LogP contribution is 2.20. The molecule has 48 valence electrons. The highest BCUT2D eigenvalue weighted by atomic mass is 35.5. The number of pyridine rings is 1. The van der Waals surface area contributed by atoms with Crippen LogP contribution in [0.3, 0.4) is 0 Å². The quantitative estimate of drug-likeness (QED) is 0.535. The fourth-order valence-corrected chi connectivity index (χ4v) is 0.555. The molecule has 0 aromatic carbocycles. The minimum absolute atomic E-state index is 0.0733. The zero-order valence-corrected chi connectivity index (χ0v) is 5.26. The fourth-order valence-electron chi connectivity index (χ4n) is 0.452. The molecule has 1 rings (SSSR count). The lowest BCUT2D eigenvalue weighted by Gasteiger charge is -1.94. The topological polar surface area (TPSA) is 59.1 Å². The van der Waals surface area contributed by atoms with Crippen LogP contribution in [-0.4, -0.2) is 10.1 Å². The molecule has 0 aliphatic rings.